The molecular weight excluding hydrogens is 594 g/mol. The van der Waals surface area contributed by atoms with Crippen molar-refractivity contribution < 1.29 is 44.7 Å². The lowest BCUT2D eigenvalue weighted by Crippen LogP contribution is -2.39. The molecule has 0 spiro atoms. The van der Waals surface area contributed by atoms with Crippen molar-refractivity contribution in [2.45, 2.75) is 81.8 Å². The van der Waals surface area contributed by atoms with Gasteiger partial charge in [-0.2, -0.15) is 28.1 Å². The van der Waals surface area contributed by atoms with E-state index in [1.165, 1.54) is 16.9 Å². The van der Waals surface area contributed by atoms with Crippen LogP contribution in [0, 0.1) is 11.8 Å². The van der Waals surface area contributed by atoms with Gasteiger partial charge in [-0.25, -0.2) is 18.3 Å². The van der Waals surface area contributed by atoms with Crippen molar-refractivity contribution in [1.82, 2.24) is 35.0 Å². The van der Waals surface area contributed by atoms with Crippen molar-refractivity contribution in [3.05, 3.63) is 47.7 Å². The molecule has 0 aromatic carbocycles. The minimum Gasteiger partial charge on any atom is -0.349 e. The van der Waals surface area contributed by atoms with Gasteiger partial charge < -0.3 is 10.6 Å². The number of rotatable bonds is 9. The smallest absolute Gasteiger partial charge is 0.349 e. The minimum atomic E-state index is -4.97. The van der Waals surface area contributed by atoms with Crippen molar-refractivity contribution >= 4 is 17.5 Å². The third-order valence-corrected chi connectivity index (χ3v) is 7.72. The Bertz CT molecular complexity index is 1470. The third kappa shape index (κ3) is 7.41. The van der Waals surface area contributed by atoms with Crippen LogP contribution in [0.15, 0.2) is 30.7 Å². The maximum Gasteiger partial charge on any atom is 0.505 e. The molecule has 234 valence electrons. The molecule has 2 aliphatic carbocycles. The minimum absolute atomic E-state index is 0.0112. The zero-order valence-corrected chi connectivity index (χ0v) is 22.4. The van der Waals surface area contributed by atoms with E-state index in [9.17, 15) is 44.7 Å². The van der Waals surface area contributed by atoms with Crippen LogP contribution in [0.3, 0.4) is 0 Å². The van der Waals surface area contributed by atoms with Crippen LogP contribution in [0.2, 0.25) is 0 Å². The molecule has 3 aromatic rings. The van der Waals surface area contributed by atoms with Crippen LogP contribution in [0.1, 0.15) is 85.2 Å². The van der Waals surface area contributed by atoms with Gasteiger partial charge >= 0.3 is 12.5 Å². The molecule has 0 aliphatic heterocycles. The van der Waals surface area contributed by atoms with Gasteiger partial charge in [-0.05, 0) is 55.2 Å². The fraction of sp³-hybridized carbons (Fsp3) is 0.577. The fourth-order valence-corrected chi connectivity index (χ4v) is 5.36. The molecule has 3 aromatic heterocycles. The first-order valence-electron chi connectivity index (χ1n) is 13.6. The van der Waals surface area contributed by atoms with Crippen molar-refractivity contribution in [2.75, 3.05) is 0 Å². The number of aromatic nitrogens is 5. The summed E-state index contributed by atoms with van der Waals surface area (Å²) in [6, 6.07) is 0.785. The SMILES string of the molecule is O=C(CCC(F)(F)F)N[C@@H](c1cnn2cc([C@@H](NC(=O)c3ccnn3C(F)(F)F)C3CCC(F)(F)CC3)nc2c1)C1CC1. The summed E-state index contributed by atoms with van der Waals surface area (Å²) >= 11 is 0. The lowest BCUT2D eigenvalue weighted by atomic mass is 9.81. The van der Waals surface area contributed by atoms with Gasteiger partial charge in [0.25, 0.3) is 5.91 Å². The summed E-state index contributed by atoms with van der Waals surface area (Å²) in [6.07, 6.45) is -7.32. The van der Waals surface area contributed by atoms with E-state index in [0.29, 0.717) is 5.56 Å². The average molecular weight is 622 g/mol. The van der Waals surface area contributed by atoms with Crippen LogP contribution < -0.4 is 10.6 Å². The Morgan fingerprint density at radius 1 is 0.977 bits per heavy atom. The van der Waals surface area contributed by atoms with Gasteiger partial charge in [-0.15, -0.1) is 13.2 Å². The van der Waals surface area contributed by atoms with Gasteiger partial charge in [-0.3, -0.25) is 9.59 Å². The molecule has 5 rings (SSSR count). The van der Waals surface area contributed by atoms with Crippen LogP contribution in [-0.4, -0.2) is 48.3 Å². The molecule has 43 heavy (non-hydrogen) atoms. The molecule has 2 N–H and O–H groups in total. The molecular formula is C26H27F8N7O2. The Morgan fingerprint density at radius 3 is 2.28 bits per heavy atom. The van der Waals surface area contributed by atoms with E-state index < -0.39 is 84.3 Å². The highest BCUT2D eigenvalue weighted by molar-refractivity contribution is 5.92. The summed E-state index contributed by atoms with van der Waals surface area (Å²) in [5.41, 5.74) is 0.0859. The van der Waals surface area contributed by atoms with E-state index in [1.54, 1.807) is 6.07 Å². The van der Waals surface area contributed by atoms with Crippen molar-refractivity contribution in [1.29, 1.82) is 0 Å². The lowest BCUT2D eigenvalue weighted by Gasteiger charge is -2.33. The fourth-order valence-electron chi connectivity index (χ4n) is 5.36. The average Bonchev–Trinajstić information content (AvgIpc) is 3.45. The molecule has 2 fully saturated rings. The third-order valence-electron chi connectivity index (χ3n) is 7.72. The zero-order valence-electron chi connectivity index (χ0n) is 22.4. The number of amides is 2. The highest BCUT2D eigenvalue weighted by Crippen LogP contribution is 2.43. The van der Waals surface area contributed by atoms with E-state index in [1.807, 2.05) is 0 Å². The largest absolute Gasteiger partial charge is 0.505 e. The zero-order chi connectivity index (χ0) is 31.2. The number of halogens is 8. The number of carbonyl (C=O) groups excluding carboxylic acids is 2. The Morgan fingerprint density at radius 2 is 1.65 bits per heavy atom. The van der Waals surface area contributed by atoms with E-state index >= 15 is 0 Å². The normalized spacial score (nSPS) is 19.3. The first-order chi connectivity index (χ1) is 20.1. The predicted octanol–water partition coefficient (Wildman–Crippen LogP) is 5.61. The number of fused-ring (bicyclic) bond motifs is 1. The van der Waals surface area contributed by atoms with E-state index in [2.05, 4.69) is 25.8 Å². The second-order valence-electron chi connectivity index (χ2n) is 11.0. The highest BCUT2D eigenvalue weighted by atomic mass is 19.4. The van der Waals surface area contributed by atoms with Gasteiger partial charge in [0.15, 0.2) is 5.65 Å². The van der Waals surface area contributed by atoms with Crippen molar-refractivity contribution in [2.24, 2.45) is 11.8 Å². The van der Waals surface area contributed by atoms with Gasteiger partial charge in [0.2, 0.25) is 11.8 Å². The maximum atomic E-state index is 13.9. The summed E-state index contributed by atoms with van der Waals surface area (Å²) in [5, 5.41) is 12.6. The van der Waals surface area contributed by atoms with E-state index in [-0.39, 0.29) is 30.1 Å². The summed E-state index contributed by atoms with van der Waals surface area (Å²) < 4.78 is 107. The van der Waals surface area contributed by atoms with Gasteiger partial charge in [0.05, 0.1) is 42.8 Å². The molecule has 0 radical (unpaired) electrons. The van der Waals surface area contributed by atoms with E-state index in [0.717, 1.165) is 25.1 Å². The molecule has 2 atom stereocenters. The Kier molecular flexibility index (Phi) is 8.11. The Balaban J connectivity index is 1.41. The number of imidazole rings is 1. The second-order valence-corrected chi connectivity index (χ2v) is 11.0. The predicted molar refractivity (Wildman–Crippen MR) is 133 cm³/mol. The second kappa shape index (κ2) is 11.4. The van der Waals surface area contributed by atoms with Gasteiger partial charge in [-0.1, -0.05) is 0 Å². The molecule has 2 saturated carbocycles. The topological polar surface area (TPSA) is 106 Å². The number of hydrogen-bond donors (Lipinski definition) is 2. The molecule has 17 heteroatoms. The van der Waals surface area contributed by atoms with Crippen LogP contribution in [-0.2, 0) is 11.1 Å². The van der Waals surface area contributed by atoms with Crippen LogP contribution in [0.5, 0.6) is 0 Å². The number of nitrogens with zero attached hydrogens (tertiary/aromatic N) is 5. The lowest BCUT2D eigenvalue weighted by molar-refractivity contribution is -0.213. The van der Waals surface area contributed by atoms with E-state index in [4.69, 9.17) is 0 Å². The first-order valence-corrected chi connectivity index (χ1v) is 13.6. The molecule has 2 aliphatic rings. The number of nitrogens with one attached hydrogen (secondary N) is 2. The van der Waals surface area contributed by atoms with Gasteiger partial charge in [0.1, 0.15) is 5.69 Å². The highest BCUT2D eigenvalue weighted by Gasteiger charge is 2.41. The Hall–Kier alpha value is -3.79. The first kappa shape index (κ1) is 30.7. The molecule has 0 unspecified atom stereocenters. The molecule has 0 bridgehead atoms. The number of hydrogen-bond acceptors (Lipinski definition) is 5. The number of carbonyl (C=O) groups is 2. The standard InChI is InChI=1S/C26H27F8N7O2/c27-24(28)7-3-15(4-8-24)22(39-23(43)18-6-10-35-41(18)26(32,33)34)17-13-40-19(37-17)11-16(12-36-40)21(14-1-2-14)38-20(42)5-9-25(29,30)31/h6,10-15,21-22H,1-5,7-9H2,(H,38,42)(H,39,43)/t21-,22+/m1/s1. The molecule has 9 nitrogen and oxygen atoms in total. The van der Waals surface area contributed by atoms with Crippen molar-refractivity contribution in [3.63, 3.8) is 0 Å². The van der Waals surface area contributed by atoms with Crippen LogP contribution >= 0.6 is 0 Å². The molecule has 2 amide bonds. The number of alkyl halides is 8. The summed E-state index contributed by atoms with van der Waals surface area (Å²) in [7, 11) is 0. The van der Waals surface area contributed by atoms with Crippen molar-refractivity contribution in [3.8, 4) is 0 Å². The quantitative estimate of drug-likeness (QED) is 0.303. The van der Waals surface area contributed by atoms with Crippen LogP contribution in [0.25, 0.3) is 5.65 Å². The van der Waals surface area contributed by atoms with Crippen LogP contribution in [0.4, 0.5) is 35.1 Å². The maximum absolute atomic E-state index is 13.9. The summed E-state index contributed by atoms with van der Waals surface area (Å²) in [5.74, 6) is -5.39. The Labute approximate surface area is 239 Å². The monoisotopic (exact) mass is 621 g/mol. The molecule has 0 saturated heterocycles. The molecule has 3 heterocycles. The summed E-state index contributed by atoms with van der Waals surface area (Å²) in [6.45, 7) is 0. The van der Waals surface area contributed by atoms with Gasteiger partial charge in [0, 0.05) is 19.3 Å². The summed E-state index contributed by atoms with van der Waals surface area (Å²) in [4.78, 5) is 29.7.